The molecule has 1 N–H and O–H groups in total. The topological polar surface area (TPSA) is 37.9 Å². The Morgan fingerprint density at radius 3 is 3.00 bits per heavy atom. The molecule has 0 saturated heterocycles. The van der Waals surface area contributed by atoms with Crippen LogP contribution in [0.25, 0.3) is 10.9 Å². The van der Waals surface area contributed by atoms with Crippen LogP contribution in [-0.2, 0) is 6.61 Å². The minimum atomic E-state index is 0.497. The average Bonchev–Trinajstić information content (AvgIpc) is 2.85. The summed E-state index contributed by atoms with van der Waals surface area (Å²) >= 11 is 0. The zero-order valence-corrected chi connectivity index (χ0v) is 9.26. The van der Waals surface area contributed by atoms with Crippen LogP contribution in [0.1, 0.15) is 5.69 Å². The van der Waals surface area contributed by atoms with Gasteiger partial charge in [-0.3, -0.25) is 4.98 Å². The summed E-state index contributed by atoms with van der Waals surface area (Å²) in [6.45, 7) is 0.497. The number of benzene rings is 1. The molecule has 84 valence electrons. The molecule has 0 amide bonds. The second-order valence-electron chi connectivity index (χ2n) is 3.84. The maximum Gasteiger partial charge on any atom is 0.130 e. The van der Waals surface area contributed by atoms with E-state index in [1.165, 1.54) is 0 Å². The normalized spacial score (nSPS) is 10.6. The number of H-pyrrole nitrogens is 1. The fourth-order valence-electron chi connectivity index (χ4n) is 1.76. The molecule has 0 spiro atoms. The predicted molar refractivity (Wildman–Crippen MR) is 66.9 cm³/mol. The van der Waals surface area contributed by atoms with Crippen LogP contribution >= 0.6 is 0 Å². The zero-order chi connectivity index (χ0) is 11.5. The molecule has 0 radical (unpaired) electrons. The Balaban J connectivity index is 1.76. The van der Waals surface area contributed by atoms with Gasteiger partial charge in [-0.1, -0.05) is 6.07 Å². The first-order valence-electron chi connectivity index (χ1n) is 5.52. The molecule has 2 heterocycles. The molecule has 3 heteroatoms. The van der Waals surface area contributed by atoms with Gasteiger partial charge in [0.15, 0.2) is 0 Å². The van der Waals surface area contributed by atoms with E-state index >= 15 is 0 Å². The Morgan fingerprint density at radius 2 is 2.12 bits per heavy atom. The summed E-state index contributed by atoms with van der Waals surface area (Å²) < 4.78 is 5.69. The Labute approximate surface area is 99.1 Å². The highest BCUT2D eigenvalue weighted by molar-refractivity contribution is 5.80. The van der Waals surface area contributed by atoms with Gasteiger partial charge in [-0.05, 0) is 36.4 Å². The molecule has 0 aliphatic heterocycles. The average molecular weight is 224 g/mol. The Morgan fingerprint density at radius 1 is 1.12 bits per heavy atom. The monoisotopic (exact) mass is 224 g/mol. The van der Waals surface area contributed by atoms with Crippen molar-refractivity contribution in [1.82, 2.24) is 9.97 Å². The van der Waals surface area contributed by atoms with Crippen molar-refractivity contribution in [2.45, 2.75) is 6.61 Å². The summed E-state index contributed by atoms with van der Waals surface area (Å²) in [6.07, 6.45) is 3.70. The van der Waals surface area contributed by atoms with Crippen molar-refractivity contribution in [2.24, 2.45) is 0 Å². The first-order valence-corrected chi connectivity index (χ1v) is 5.52. The van der Waals surface area contributed by atoms with Crippen molar-refractivity contribution in [1.29, 1.82) is 0 Å². The first-order chi connectivity index (χ1) is 8.42. The second kappa shape index (κ2) is 4.29. The number of aromatic amines is 1. The van der Waals surface area contributed by atoms with E-state index in [9.17, 15) is 0 Å². The van der Waals surface area contributed by atoms with Crippen LogP contribution in [0.5, 0.6) is 5.75 Å². The number of nitrogens with zero attached hydrogens (tertiary/aromatic N) is 1. The van der Waals surface area contributed by atoms with E-state index in [1.54, 1.807) is 6.20 Å². The lowest BCUT2D eigenvalue weighted by atomic mass is 10.2. The van der Waals surface area contributed by atoms with E-state index in [2.05, 4.69) is 9.97 Å². The minimum absolute atomic E-state index is 0.497. The summed E-state index contributed by atoms with van der Waals surface area (Å²) in [4.78, 5) is 7.37. The first kappa shape index (κ1) is 9.90. The molecule has 0 atom stereocenters. The van der Waals surface area contributed by atoms with Crippen molar-refractivity contribution >= 4 is 10.9 Å². The molecular weight excluding hydrogens is 212 g/mol. The lowest BCUT2D eigenvalue weighted by Gasteiger charge is -2.05. The maximum absolute atomic E-state index is 5.69. The van der Waals surface area contributed by atoms with Crippen LogP contribution in [0.15, 0.2) is 54.9 Å². The summed E-state index contributed by atoms with van der Waals surface area (Å²) in [5.74, 6) is 0.864. The van der Waals surface area contributed by atoms with E-state index in [0.717, 1.165) is 22.3 Å². The molecular formula is C14H12N2O. The van der Waals surface area contributed by atoms with Gasteiger partial charge in [0.1, 0.15) is 12.4 Å². The highest BCUT2D eigenvalue weighted by Crippen LogP contribution is 2.20. The van der Waals surface area contributed by atoms with Gasteiger partial charge in [0.25, 0.3) is 0 Å². The van der Waals surface area contributed by atoms with Crippen molar-refractivity contribution in [3.05, 3.63) is 60.6 Å². The second-order valence-corrected chi connectivity index (χ2v) is 3.84. The number of aromatic nitrogens is 2. The van der Waals surface area contributed by atoms with E-state index < -0.39 is 0 Å². The number of hydrogen-bond donors (Lipinski definition) is 1. The molecule has 0 unspecified atom stereocenters. The molecule has 2 aromatic heterocycles. The third-order valence-corrected chi connectivity index (χ3v) is 2.64. The Hall–Kier alpha value is -2.29. The van der Waals surface area contributed by atoms with Crippen molar-refractivity contribution in [3.8, 4) is 5.75 Å². The number of nitrogens with one attached hydrogen (secondary N) is 1. The Kier molecular flexibility index (Phi) is 2.50. The lowest BCUT2D eigenvalue weighted by Crippen LogP contribution is -1.97. The lowest BCUT2D eigenvalue weighted by molar-refractivity contribution is 0.302. The smallest absolute Gasteiger partial charge is 0.130 e. The standard InChI is InChI=1S/C14H12N2O/c1-2-7-15-12(3-1)10-17-13-4-5-14-11(9-13)6-8-16-14/h1-9,16H,10H2. The Bertz CT molecular complexity index is 616. The number of rotatable bonds is 3. The van der Waals surface area contributed by atoms with Gasteiger partial charge in [-0.15, -0.1) is 0 Å². The van der Waals surface area contributed by atoms with E-state index in [4.69, 9.17) is 4.74 Å². The molecule has 3 nitrogen and oxygen atoms in total. The zero-order valence-electron chi connectivity index (χ0n) is 9.26. The van der Waals surface area contributed by atoms with Crippen LogP contribution in [0, 0.1) is 0 Å². The highest BCUT2D eigenvalue weighted by atomic mass is 16.5. The van der Waals surface area contributed by atoms with E-state index in [1.807, 2.05) is 48.7 Å². The molecule has 0 bridgehead atoms. The van der Waals surface area contributed by atoms with Crippen LogP contribution < -0.4 is 4.74 Å². The van der Waals surface area contributed by atoms with E-state index in [0.29, 0.717) is 6.61 Å². The molecule has 17 heavy (non-hydrogen) atoms. The van der Waals surface area contributed by atoms with Crippen LogP contribution in [-0.4, -0.2) is 9.97 Å². The third kappa shape index (κ3) is 2.13. The summed E-state index contributed by atoms with van der Waals surface area (Å²) in [6, 6.07) is 13.8. The molecule has 0 saturated carbocycles. The molecule has 0 fully saturated rings. The number of pyridine rings is 1. The van der Waals surface area contributed by atoms with Gasteiger partial charge in [0, 0.05) is 23.3 Å². The predicted octanol–water partition coefficient (Wildman–Crippen LogP) is 3.14. The van der Waals surface area contributed by atoms with Gasteiger partial charge < -0.3 is 9.72 Å². The third-order valence-electron chi connectivity index (χ3n) is 2.64. The number of fused-ring (bicyclic) bond motifs is 1. The quantitative estimate of drug-likeness (QED) is 0.742. The van der Waals surface area contributed by atoms with Gasteiger partial charge in [-0.25, -0.2) is 0 Å². The van der Waals surface area contributed by atoms with Crippen LogP contribution in [0.3, 0.4) is 0 Å². The highest BCUT2D eigenvalue weighted by Gasteiger charge is 1.99. The molecule has 3 rings (SSSR count). The van der Waals surface area contributed by atoms with Crippen molar-refractivity contribution < 1.29 is 4.74 Å². The van der Waals surface area contributed by atoms with Crippen molar-refractivity contribution in [3.63, 3.8) is 0 Å². The fraction of sp³-hybridized carbons (Fsp3) is 0.0714. The minimum Gasteiger partial charge on any atom is -0.487 e. The maximum atomic E-state index is 5.69. The molecule has 1 aromatic carbocycles. The molecule has 3 aromatic rings. The van der Waals surface area contributed by atoms with Gasteiger partial charge in [-0.2, -0.15) is 0 Å². The fourth-order valence-corrected chi connectivity index (χ4v) is 1.76. The SMILES string of the molecule is c1ccc(COc2ccc3[nH]ccc3c2)nc1. The molecule has 0 aliphatic rings. The number of hydrogen-bond acceptors (Lipinski definition) is 2. The van der Waals surface area contributed by atoms with Gasteiger partial charge >= 0.3 is 0 Å². The molecule has 0 aliphatic carbocycles. The summed E-state index contributed by atoms with van der Waals surface area (Å²) in [5.41, 5.74) is 2.05. The van der Waals surface area contributed by atoms with E-state index in [-0.39, 0.29) is 0 Å². The van der Waals surface area contributed by atoms with Crippen molar-refractivity contribution in [2.75, 3.05) is 0 Å². The van der Waals surface area contributed by atoms with Gasteiger partial charge in [0.05, 0.1) is 5.69 Å². The summed E-state index contributed by atoms with van der Waals surface area (Å²) in [5, 5.41) is 1.16. The largest absolute Gasteiger partial charge is 0.487 e. The van der Waals surface area contributed by atoms with Crippen LogP contribution in [0.2, 0.25) is 0 Å². The van der Waals surface area contributed by atoms with Crippen LogP contribution in [0.4, 0.5) is 0 Å². The van der Waals surface area contributed by atoms with Gasteiger partial charge in [0.2, 0.25) is 0 Å². The summed E-state index contributed by atoms with van der Waals surface area (Å²) in [7, 11) is 0. The number of ether oxygens (including phenoxy) is 1.